The van der Waals surface area contributed by atoms with Gasteiger partial charge in [0.1, 0.15) is 31.0 Å². The molecule has 0 aromatic carbocycles. The molecule has 1 aliphatic rings. The molecule has 2 heterocycles. The first-order valence-corrected chi connectivity index (χ1v) is 7.46. The molecule has 0 saturated heterocycles. The van der Waals surface area contributed by atoms with Gasteiger partial charge in [-0.05, 0) is 18.9 Å². The molecule has 1 fully saturated rings. The summed E-state index contributed by atoms with van der Waals surface area (Å²) in [5, 5.41) is 2.52. The molecule has 1 saturated carbocycles. The number of carbonyl (C=O) groups excluding carboxylic acids is 1. The van der Waals surface area contributed by atoms with Crippen molar-refractivity contribution in [3.8, 4) is 11.6 Å². The van der Waals surface area contributed by atoms with Crippen molar-refractivity contribution < 1.29 is 36.2 Å². The lowest BCUT2D eigenvalue weighted by Gasteiger charge is -2.10. The van der Waals surface area contributed by atoms with Crippen molar-refractivity contribution in [2.75, 3.05) is 6.67 Å². The number of nitrogens with one attached hydrogen (secondary N) is 1. The predicted molar refractivity (Wildman–Crippen MR) is 77.2 cm³/mol. The molecule has 0 aliphatic heterocycles. The van der Waals surface area contributed by atoms with Gasteiger partial charge >= 0.3 is 12.3 Å². The fourth-order valence-corrected chi connectivity index (χ4v) is 2.00. The summed E-state index contributed by atoms with van der Waals surface area (Å²) < 4.78 is 62.9. The van der Waals surface area contributed by atoms with Crippen molar-refractivity contribution in [1.82, 2.24) is 15.3 Å². The van der Waals surface area contributed by atoms with Crippen LogP contribution in [0.2, 0.25) is 0 Å². The maximum absolute atomic E-state index is 12.8. The highest BCUT2D eigenvalue weighted by Crippen LogP contribution is 2.35. The number of ether oxygens (including phenoxy) is 2. The van der Waals surface area contributed by atoms with E-state index in [1.807, 2.05) is 0 Å². The van der Waals surface area contributed by atoms with Crippen molar-refractivity contribution in [3.63, 3.8) is 0 Å². The Morgan fingerprint density at radius 2 is 2.12 bits per heavy atom. The Morgan fingerprint density at radius 3 is 2.69 bits per heavy atom. The zero-order valence-corrected chi connectivity index (χ0v) is 13.2. The van der Waals surface area contributed by atoms with Crippen LogP contribution in [0.3, 0.4) is 0 Å². The number of hydrogen-bond donors (Lipinski definition) is 1. The van der Waals surface area contributed by atoms with E-state index < -0.39 is 30.4 Å². The van der Waals surface area contributed by atoms with Gasteiger partial charge in [0.25, 0.3) is 5.89 Å². The zero-order chi connectivity index (χ0) is 18.8. The molecule has 140 valence electrons. The van der Waals surface area contributed by atoms with E-state index in [2.05, 4.69) is 20.0 Å². The normalized spacial score (nSPS) is 15.4. The topological polar surface area (TPSA) is 86.5 Å². The number of aromatic nitrogens is 2. The largest absolute Gasteiger partial charge is 0.574 e. The molecule has 3 rings (SSSR count). The summed E-state index contributed by atoms with van der Waals surface area (Å²) in [6, 6.07) is 2.23. The Labute approximate surface area is 144 Å². The molecule has 11 heteroatoms. The summed E-state index contributed by atoms with van der Waals surface area (Å²) in [4.78, 5) is 19.3. The number of pyridine rings is 1. The number of oxazole rings is 1. The van der Waals surface area contributed by atoms with Gasteiger partial charge in [-0.25, -0.2) is 14.4 Å². The molecule has 1 aliphatic carbocycles. The quantitative estimate of drug-likeness (QED) is 0.749. The van der Waals surface area contributed by atoms with Crippen LogP contribution in [0.4, 0.5) is 17.6 Å². The minimum Gasteiger partial charge on any atom is -0.486 e. The van der Waals surface area contributed by atoms with Crippen LogP contribution in [0, 0.1) is 0 Å². The lowest BCUT2D eigenvalue weighted by molar-refractivity contribution is -0.276. The van der Waals surface area contributed by atoms with Gasteiger partial charge < -0.3 is 19.2 Å². The fourth-order valence-electron chi connectivity index (χ4n) is 2.00. The van der Waals surface area contributed by atoms with Crippen LogP contribution >= 0.6 is 0 Å². The van der Waals surface area contributed by atoms with Gasteiger partial charge in [-0.2, -0.15) is 0 Å². The average Bonchev–Trinajstić information content (AvgIpc) is 3.18. The van der Waals surface area contributed by atoms with Crippen LogP contribution in [0.1, 0.15) is 29.2 Å². The van der Waals surface area contributed by atoms with Gasteiger partial charge in [0.15, 0.2) is 0 Å². The van der Waals surface area contributed by atoms with Crippen molar-refractivity contribution >= 4 is 5.91 Å². The van der Waals surface area contributed by atoms with Crippen molar-refractivity contribution in [3.05, 3.63) is 36.2 Å². The van der Waals surface area contributed by atoms with E-state index in [1.165, 1.54) is 12.3 Å². The van der Waals surface area contributed by atoms with Gasteiger partial charge in [-0.3, -0.25) is 4.79 Å². The smallest absolute Gasteiger partial charge is 0.486 e. The summed E-state index contributed by atoms with van der Waals surface area (Å²) in [6.45, 7) is -0.761. The SMILES string of the molecule is O=C(NC1(CF)CC1)c1nc(COc2ccc(OC(F)(F)F)nc2)co1. The van der Waals surface area contributed by atoms with E-state index in [4.69, 9.17) is 9.15 Å². The number of halogens is 4. The lowest BCUT2D eigenvalue weighted by atomic mass is 10.3. The number of rotatable bonds is 7. The third-order valence-electron chi connectivity index (χ3n) is 3.55. The van der Waals surface area contributed by atoms with E-state index in [1.54, 1.807) is 0 Å². The van der Waals surface area contributed by atoms with Crippen molar-refractivity contribution in [1.29, 1.82) is 0 Å². The molecule has 1 N–H and O–H groups in total. The Balaban J connectivity index is 1.52. The Hall–Kier alpha value is -2.85. The minimum atomic E-state index is -4.83. The van der Waals surface area contributed by atoms with Crippen LogP contribution < -0.4 is 14.8 Å². The second-order valence-electron chi connectivity index (χ2n) is 5.68. The zero-order valence-electron chi connectivity index (χ0n) is 13.2. The maximum Gasteiger partial charge on any atom is 0.574 e. The molecule has 2 aromatic rings. The molecule has 7 nitrogen and oxygen atoms in total. The molecule has 0 radical (unpaired) electrons. The highest BCUT2D eigenvalue weighted by molar-refractivity contribution is 5.90. The predicted octanol–water partition coefficient (Wildman–Crippen LogP) is 2.78. The minimum absolute atomic E-state index is 0.105. The van der Waals surface area contributed by atoms with Gasteiger partial charge in [0.05, 0.1) is 11.7 Å². The number of hydrogen-bond acceptors (Lipinski definition) is 6. The number of nitrogens with zero attached hydrogens (tertiary/aromatic N) is 2. The van der Waals surface area contributed by atoms with Gasteiger partial charge in [0.2, 0.25) is 5.88 Å². The van der Waals surface area contributed by atoms with Crippen LogP contribution in [-0.4, -0.2) is 34.5 Å². The summed E-state index contributed by atoms with van der Waals surface area (Å²) in [7, 11) is 0. The second-order valence-corrected chi connectivity index (χ2v) is 5.68. The summed E-state index contributed by atoms with van der Waals surface area (Å²) >= 11 is 0. The second kappa shape index (κ2) is 6.81. The number of amides is 1. The molecule has 0 spiro atoms. The first kappa shape index (κ1) is 18.0. The monoisotopic (exact) mass is 375 g/mol. The Morgan fingerprint density at radius 1 is 1.35 bits per heavy atom. The molecular weight excluding hydrogens is 362 g/mol. The number of alkyl halides is 4. The van der Waals surface area contributed by atoms with E-state index in [-0.39, 0.29) is 23.9 Å². The first-order valence-electron chi connectivity index (χ1n) is 7.46. The van der Waals surface area contributed by atoms with E-state index in [0.717, 1.165) is 12.3 Å². The molecule has 0 unspecified atom stereocenters. The average molecular weight is 375 g/mol. The van der Waals surface area contributed by atoms with E-state index in [9.17, 15) is 22.4 Å². The van der Waals surface area contributed by atoms with Crippen molar-refractivity contribution in [2.24, 2.45) is 0 Å². The van der Waals surface area contributed by atoms with Gasteiger partial charge in [-0.15, -0.1) is 13.2 Å². The molecule has 1 amide bonds. The standard InChI is InChI=1S/C15H13F4N3O4/c16-8-14(3-4-14)22-12(23)13-21-9(7-25-13)6-24-10-1-2-11(20-5-10)26-15(17,18)19/h1-2,5,7H,3-4,6,8H2,(H,22,23). The fraction of sp³-hybridized carbons (Fsp3) is 0.400. The summed E-state index contributed by atoms with van der Waals surface area (Å²) in [5.74, 6) is -1.30. The highest BCUT2D eigenvalue weighted by Gasteiger charge is 2.45. The van der Waals surface area contributed by atoms with Crippen molar-refractivity contribution in [2.45, 2.75) is 31.3 Å². The molecular formula is C15H13F4N3O4. The summed E-state index contributed by atoms with van der Waals surface area (Å²) in [5.41, 5.74) is -0.537. The number of carbonyl (C=O) groups is 1. The first-order chi connectivity index (χ1) is 12.3. The molecule has 0 atom stereocenters. The van der Waals surface area contributed by atoms with Crippen LogP contribution in [0.25, 0.3) is 0 Å². The Bertz CT molecular complexity index is 772. The third-order valence-corrected chi connectivity index (χ3v) is 3.55. The van der Waals surface area contributed by atoms with Crippen LogP contribution in [0.5, 0.6) is 11.6 Å². The third kappa shape index (κ3) is 4.61. The van der Waals surface area contributed by atoms with Gasteiger partial charge in [0, 0.05) is 6.07 Å². The molecule has 0 bridgehead atoms. The van der Waals surface area contributed by atoms with E-state index >= 15 is 0 Å². The highest BCUT2D eigenvalue weighted by atomic mass is 19.4. The van der Waals surface area contributed by atoms with Crippen LogP contribution in [-0.2, 0) is 6.61 Å². The molecule has 26 heavy (non-hydrogen) atoms. The maximum atomic E-state index is 12.8. The Kier molecular flexibility index (Phi) is 4.70. The van der Waals surface area contributed by atoms with Crippen LogP contribution in [0.15, 0.2) is 29.0 Å². The summed E-state index contributed by atoms with van der Waals surface area (Å²) in [6.07, 6.45) is -1.46. The molecule has 2 aromatic heterocycles. The van der Waals surface area contributed by atoms with E-state index in [0.29, 0.717) is 12.8 Å². The van der Waals surface area contributed by atoms with Gasteiger partial charge in [-0.1, -0.05) is 0 Å². The lowest BCUT2D eigenvalue weighted by Crippen LogP contribution is -2.38.